The second kappa shape index (κ2) is 12.1. The fourth-order valence-corrected chi connectivity index (χ4v) is 5.77. The second-order valence-electron chi connectivity index (χ2n) is 10.2. The van der Waals surface area contributed by atoms with Crippen molar-refractivity contribution in [3.8, 4) is 34.5 Å². The first-order chi connectivity index (χ1) is 19.8. The molecule has 0 spiro atoms. The van der Waals surface area contributed by atoms with Crippen LogP contribution in [0, 0.1) is 11.8 Å². The quantitative estimate of drug-likeness (QED) is 0.280. The molecular weight excluding hydrogens is 544 g/mol. The molecule has 4 unspecified atom stereocenters. The highest BCUT2D eigenvalue weighted by Gasteiger charge is 2.49. The second-order valence-corrected chi connectivity index (χ2v) is 10.2. The number of hydrogen-bond acceptors (Lipinski definition) is 13. The number of aliphatic hydroxyl groups is 4. The number of fused-ring (bicyclic) bond motifs is 1. The molecule has 0 saturated carbocycles. The van der Waals surface area contributed by atoms with Gasteiger partial charge in [-0.05, 0) is 35.4 Å². The lowest BCUT2D eigenvalue weighted by Crippen LogP contribution is -2.60. The van der Waals surface area contributed by atoms with Gasteiger partial charge in [-0.3, -0.25) is 0 Å². The van der Waals surface area contributed by atoms with Crippen molar-refractivity contribution >= 4 is 0 Å². The van der Waals surface area contributed by atoms with E-state index in [1.807, 2.05) is 0 Å². The third kappa shape index (κ3) is 5.23. The van der Waals surface area contributed by atoms with Gasteiger partial charge >= 0.3 is 0 Å². The van der Waals surface area contributed by atoms with Gasteiger partial charge in [0.05, 0.1) is 60.5 Å². The average Bonchev–Trinajstić information content (AvgIpc) is 3.60. The Balaban J connectivity index is 1.40. The minimum absolute atomic E-state index is 0.000914. The third-order valence-corrected chi connectivity index (χ3v) is 7.99. The number of phenolic OH excluding ortho intramolecular Hbond substituents is 1. The van der Waals surface area contributed by atoms with Crippen LogP contribution in [-0.4, -0.2) is 104 Å². The van der Waals surface area contributed by atoms with Crippen molar-refractivity contribution in [3.05, 3.63) is 35.4 Å². The standard InChI is InChI=1S/C28H36O13/c1-34-16-5-12(6-17(35-2)21(16)30)25-14-10-39-26(15(14)11-38-25)13-7-18(36-3)27(19(8-13)37-4)41-28-24(33)23(32)22(31)20(9-29)40-28/h5-8,14-15,20,22-26,28-33H,9-11H2,1-4H3/t14?,15?,20-,22-,23+,24-,25?,26?,28-/m1/s1. The van der Waals surface area contributed by atoms with Crippen LogP contribution in [-0.2, 0) is 14.2 Å². The van der Waals surface area contributed by atoms with Crippen LogP contribution in [0.1, 0.15) is 23.3 Å². The Morgan fingerprint density at radius 3 is 1.61 bits per heavy atom. The molecule has 13 heteroatoms. The highest BCUT2D eigenvalue weighted by molar-refractivity contribution is 5.55. The number of hydrogen-bond donors (Lipinski definition) is 5. The predicted octanol–water partition coefficient (Wildman–Crippen LogP) is 0.680. The van der Waals surface area contributed by atoms with E-state index in [4.69, 9.17) is 37.9 Å². The average molecular weight is 581 g/mol. The monoisotopic (exact) mass is 580 g/mol. The summed E-state index contributed by atoms with van der Waals surface area (Å²) in [5.41, 5.74) is 1.55. The van der Waals surface area contributed by atoms with E-state index in [2.05, 4.69) is 0 Å². The number of phenols is 1. The maximum absolute atomic E-state index is 10.5. The molecular formula is C28H36O13. The van der Waals surface area contributed by atoms with Gasteiger partial charge in [-0.25, -0.2) is 0 Å². The summed E-state index contributed by atoms with van der Waals surface area (Å²) >= 11 is 0. The lowest BCUT2D eigenvalue weighted by atomic mass is 9.84. The molecule has 2 aromatic rings. The molecule has 226 valence electrons. The summed E-state index contributed by atoms with van der Waals surface area (Å²) < 4.78 is 45.7. The summed E-state index contributed by atoms with van der Waals surface area (Å²) in [6.45, 7) is 0.241. The summed E-state index contributed by atoms with van der Waals surface area (Å²) in [5.74, 6) is 1.08. The number of rotatable bonds is 9. The maximum Gasteiger partial charge on any atom is 0.229 e. The van der Waals surface area contributed by atoms with Crippen molar-refractivity contribution in [3.63, 3.8) is 0 Å². The molecule has 5 N–H and O–H groups in total. The summed E-state index contributed by atoms with van der Waals surface area (Å²) in [6, 6.07) is 6.93. The van der Waals surface area contributed by atoms with Gasteiger partial charge in [0.1, 0.15) is 24.4 Å². The van der Waals surface area contributed by atoms with E-state index in [0.29, 0.717) is 13.2 Å². The van der Waals surface area contributed by atoms with Crippen LogP contribution < -0.4 is 23.7 Å². The van der Waals surface area contributed by atoms with E-state index in [1.54, 1.807) is 24.3 Å². The van der Waals surface area contributed by atoms with Gasteiger partial charge in [0.15, 0.2) is 23.0 Å². The Bertz CT molecular complexity index is 1170. The van der Waals surface area contributed by atoms with E-state index in [9.17, 15) is 25.5 Å². The molecule has 3 aliphatic rings. The van der Waals surface area contributed by atoms with E-state index in [0.717, 1.165) is 11.1 Å². The summed E-state index contributed by atoms with van der Waals surface area (Å²) in [5, 5.41) is 50.5. The number of methoxy groups -OCH3 is 4. The first kappa shape index (κ1) is 29.5. The molecule has 3 aliphatic heterocycles. The van der Waals surface area contributed by atoms with Crippen molar-refractivity contribution in [1.29, 1.82) is 0 Å². The third-order valence-electron chi connectivity index (χ3n) is 7.99. The number of aromatic hydroxyl groups is 1. The van der Waals surface area contributed by atoms with E-state index in [-0.39, 0.29) is 58.5 Å². The Morgan fingerprint density at radius 2 is 1.17 bits per heavy atom. The fourth-order valence-electron chi connectivity index (χ4n) is 5.77. The molecule has 2 aromatic carbocycles. The highest BCUT2D eigenvalue weighted by atomic mass is 16.7. The molecule has 0 aliphatic carbocycles. The molecule has 13 nitrogen and oxygen atoms in total. The molecule has 3 fully saturated rings. The molecule has 41 heavy (non-hydrogen) atoms. The van der Waals surface area contributed by atoms with Gasteiger partial charge in [0.2, 0.25) is 17.8 Å². The maximum atomic E-state index is 10.5. The Kier molecular flexibility index (Phi) is 8.66. The topological polar surface area (TPSA) is 175 Å². The first-order valence-electron chi connectivity index (χ1n) is 13.2. The highest BCUT2D eigenvalue weighted by Crippen LogP contribution is 2.53. The normalized spacial score (nSPS) is 32.8. The zero-order chi connectivity index (χ0) is 29.4. The van der Waals surface area contributed by atoms with Crippen LogP contribution in [0.2, 0.25) is 0 Å². The van der Waals surface area contributed by atoms with Crippen LogP contribution in [0.25, 0.3) is 0 Å². The molecule has 0 bridgehead atoms. The van der Waals surface area contributed by atoms with Crippen molar-refractivity contribution in [2.24, 2.45) is 11.8 Å². The summed E-state index contributed by atoms with van der Waals surface area (Å²) in [7, 11) is 5.82. The zero-order valence-electron chi connectivity index (χ0n) is 23.1. The molecule has 3 heterocycles. The van der Waals surface area contributed by atoms with Crippen LogP contribution in [0.3, 0.4) is 0 Å². The zero-order valence-corrected chi connectivity index (χ0v) is 23.1. The Labute approximate surface area is 236 Å². The van der Waals surface area contributed by atoms with Crippen LogP contribution in [0.15, 0.2) is 24.3 Å². The molecule has 9 atom stereocenters. The Morgan fingerprint density at radius 1 is 0.707 bits per heavy atom. The van der Waals surface area contributed by atoms with Gasteiger partial charge in [0.25, 0.3) is 0 Å². The van der Waals surface area contributed by atoms with E-state index >= 15 is 0 Å². The summed E-state index contributed by atoms with van der Waals surface area (Å²) in [4.78, 5) is 0. The van der Waals surface area contributed by atoms with E-state index in [1.165, 1.54) is 28.4 Å². The molecule has 5 rings (SSSR count). The van der Waals surface area contributed by atoms with Gasteiger partial charge in [-0.15, -0.1) is 0 Å². The SMILES string of the molecule is COc1cc(C2OCC3C(c4cc(OC)c(O[C@H]5O[C@H](CO)[C@@H](O)[C@H](O)[C@H]5O)c(OC)c4)OCC23)cc(OC)c1O. The minimum atomic E-state index is -1.61. The lowest BCUT2D eigenvalue weighted by Gasteiger charge is -2.39. The van der Waals surface area contributed by atoms with Gasteiger partial charge in [-0.2, -0.15) is 0 Å². The van der Waals surface area contributed by atoms with Crippen LogP contribution in [0.4, 0.5) is 0 Å². The number of ether oxygens (including phenoxy) is 8. The molecule has 0 aromatic heterocycles. The van der Waals surface area contributed by atoms with Crippen LogP contribution in [0.5, 0.6) is 34.5 Å². The summed E-state index contributed by atoms with van der Waals surface area (Å²) in [6.07, 6.45) is -7.96. The molecule has 3 saturated heterocycles. The molecule has 0 amide bonds. The van der Waals surface area contributed by atoms with E-state index < -0.39 is 37.3 Å². The van der Waals surface area contributed by atoms with Gasteiger partial charge < -0.3 is 63.4 Å². The van der Waals surface area contributed by atoms with Crippen molar-refractivity contribution in [2.75, 3.05) is 48.3 Å². The number of benzene rings is 2. The largest absolute Gasteiger partial charge is 0.502 e. The smallest absolute Gasteiger partial charge is 0.229 e. The lowest BCUT2D eigenvalue weighted by molar-refractivity contribution is -0.277. The Hall–Kier alpha value is -3.04. The fraction of sp³-hybridized carbons (Fsp3) is 0.571. The predicted molar refractivity (Wildman–Crippen MR) is 140 cm³/mol. The van der Waals surface area contributed by atoms with Crippen LogP contribution >= 0.6 is 0 Å². The first-order valence-corrected chi connectivity index (χ1v) is 13.2. The van der Waals surface area contributed by atoms with Crippen molar-refractivity contribution in [1.82, 2.24) is 0 Å². The van der Waals surface area contributed by atoms with Gasteiger partial charge in [0, 0.05) is 11.8 Å². The van der Waals surface area contributed by atoms with Gasteiger partial charge in [-0.1, -0.05) is 0 Å². The van der Waals surface area contributed by atoms with Crippen molar-refractivity contribution in [2.45, 2.75) is 42.9 Å². The molecule has 0 radical (unpaired) electrons. The minimum Gasteiger partial charge on any atom is -0.502 e. The van der Waals surface area contributed by atoms with Crippen molar-refractivity contribution < 1.29 is 63.4 Å². The number of aliphatic hydroxyl groups excluding tert-OH is 4.